The fourth-order valence-electron chi connectivity index (χ4n) is 3.15. The Morgan fingerprint density at radius 3 is 2.14 bits per heavy atom. The molecule has 0 aliphatic heterocycles. The highest BCUT2D eigenvalue weighted by Crippen LogP contribution is 2.35. The molecular formula is C20H24Si. The minimum atomic E-state index is -1.21. The van der Waals surface area contributed by atoms with E-state index in [4.69, 9.17) is 0 Å². The third kappa shape index (κ3) is 2.63. The largest absolute Gasteiger partial charge is 0.0775 e. The topological polar surface area (TPSA) is 0 Å². The van der Waals surface area contributed by atoms with Crippen LogP contribution in [0.4, 0.5) is 0 Å². The first kappa shape index (κ1) is 14.3. The van der Waals surface area contributed by atoms with Crippen molar-refractivity contribution < 1.29 is 0 Å². The Kier molecular flexibility index (Phi) is 3.41. The van der Waals surface area contributed by atoms with Crippen LogP contribution >= 0.6 is 0 Å². The summed E-state index contributed by atoms with van der Waals surface area (Å²) in [4.78, 5) is 0. The van der Waals surface area contributed by atoms with Gasteiger partial charge in [-0.15, -0.1) is 0 Å². The molecule has 0 saturated heterocycles. The van der Waals surface area contributed by atoms with Gasteiger partial charge in [0.15, 0.2) is 0 Å². The van der Waals surface area contributed by atoms with Gasteiger partial charge < -0.3 is 0 Å². The third-order valence-corrected chi connectivity index (χ3v) is 6.56. The van der Waals surface area contributed by atoms with Gasteiger partial charge in [-0.05, 0) is 48.1 Å². The zero-order valence-electron chi connectivity index (χ0n) is 13.7. The number of fused-ring (bicyclic) bond motifs is 1. The van der Waals surface area contributed by atoms with E-state index < -0.39 is 8.07 Å². The van der Waals surface area contributed by atoms with Crippen LogP contribution in [-0.2, 0) is 6.42 Å². The standard InChI is InChI=1S/C20H24Si/c1-14-12-19-15(2)6-11-18(20(19)13-14)16-7-9-17(10-8-16)21(3,4)5/h6-11,13H,12H2,1-5H3. The van der Waals surface area contributed by atoms with Gasteiger partial charge in [-0.1, -0.05) is 72.9 Å². The third-order valence-electron chi connectivity index (χ3n) is 4.50. The van der Waals surface area contributed by atoms with Crippen LogP contribution in [0, 0.1) is 6.92 Å². The van der Waals surface area contributed by atoms with Crippen molar-refractivity contribution in [3.8, 4) is 11.1 Å². The molecular weight excluding hydrogens is 268 g/mol. The Balaban J connectivity index is 2.08. The Bertz CT molecular complexity index is 713. The van der Waals surface area contributed by atoms with Gasteiger partial charge in [-0.25, -0.2) is 0 Å². The van der Waals surface area contributed by atoms with Crippen molar-refractivity contribution in [3.63, 3.8) is 0 Å². The molecule has 0 fully saturated rings. The molecule has 0 unspecified atom stereocenters. The molecule has 0 amide bonds. The van der Waals surface area contributed by atoms with Crippen molar-refractivity contribution in [2.45, 2.75) is 39.9 Å². The molecule has 0 N–H and O–H groups in total. The number of hydrogen-bond donors (Lipinski definition) is 0. The number of allylic oxidation sites excluding steroid dienone is 1. The average molecular weight is 292 g/mol. The van der Waals surface area contributed by atoms with Gasteiger partial charge in [0.05, 0.1) is 8.07 Å². The molecule has 0 nitrogen and oxygen atoms in total. The summed E-state index contributed by atoms with van der Waals surface area (Å²) in [6.45, 7) is 11.7. The first-order valence-corrected chi connectivity index (χ1v) is 11.3. The van der Waals surface area contributed by atoms with Gasteiger partial charge >= 0.3 is 0 Å². The lowest BCUT2D eigenvalue weighted by Crippen LogP contribution is -2.37. The Morgan fingerprint density at radius 1 is 0.857 bits per heavy atom. The summed E-state index contributed by atoms with van der Waals surface area (Å²) in [5.74, 6) is 0. The first-order valence-electron chi connectivity index (χ1n) is 7.77. The molecule has 0 aromatic heterocycles. The van der Waals surface area contributed by atoms with E-state index in [9.17, 15) is 0 Å². The molecule has 0 atom stereocenters. The van der Waals surface area contributed by atoms with E-state index >= 15 is 0 Å². The molecule has 0 bridgehead atoms. The summed E-state index contributed by atoms with van der Waals surface area (Å²) >= 11 is 0. The summed E-state index contributed by atoms with van der Waals surface area (Å²) in [6.07, 6.45) is 3.48. The van der Waals surface area contributed by atoms with E-state index in [1.165, 1.54) is 38.6 Å². The minimum absolute atomic E-state index is 1.11. The molecule has 3 rings (SSSR count). The molecule has 0 heterocycles. The highest BCUT2D eigenvalue weighted by Gasteiger charge is 2.18. The van der Waals surface area contributed by atoms with Crippen molar-refractivity contribution >= 4 is 19.3 Å². The number of aryl methyl sites for hydroxylation is 1. The first-order chi connectivity index (χ1) is 9.86. The second-order valence-corrected chi connectivity index (χ2v) is 12.4. The maximum atomic E-state index is 2.40. The SMILES string of the molecule is CC1=Cc2c(-c3ccc([Si](C)(C)C)cc3)ccc(C)c2C1. The van der Waals surface area contributed by atoms with Crippen LogP contribution in [0.5, 0.6) is 0 Å². The summed E-state index contributed by atoms with van der Waals surface area (Å²) < 4.78 is 0. The predicted molar refractivity (Wildman–Crippen MR) is 97.0 cm³/mol. The second-order valence-electron chi connectivity index (χ2n) is 7.32. The quantitative estimate of drug-likeness (QED) is 0.670. The molecule has 21 heavy (non-hydrogen) atoms. The predicted octanol–water partition coefficient (Wildman–Crippen LogP) is 5.17. The second kappa shape index (κ2) is 4.99. The van der Waals surface area contributed by atoms with E-state index in [2.05, 4.69) is 76.0 Å². The van der Waals surface area contributed by atoms with Crippen LogP contribution in [-0.4, -0.2) is 8.07 Å². The lowest BCUT2D eigenvalue weighted by molar-refractivity contribution is 1.16. The maximum Gasteiger partial charge on any atom is 0.0775 e. The minimum Gasteiger partial charge on any atom is -0.0683 e. The van der Waals surface area contributed by atoms with Gasteiger partial charge in [0.1, 0.15) is 0 Å². The lowest BCUT2D eigenvalue weighted by atomic mass is 9.94. The molecule has 1 aliphatic carbocycles. The molecule has 1 aliphatic rings. The molecule has 2 aromatic carbocycles. The van der Waals surface area contributed by atoms with Gasteiger partial charge in [-0.3, -0.25) is 0 Å². The van der Waals surface area contributed by atoms with Crippen LogP contribution < -0.4 is 5.19 Å². The van der Waals surface area contributed by atoms with E-state index in [0.717, 1.165) is 6.42 Å². The van der Waals surface area contributed by atoms with Crippen molar-refractivity contribution in [1.82, 2.24) is 0 Å². The summed E-state index contributed by atoms with van der Waals surface area (Å²) in [5.41, 5.74) is 8.57. The van der Waals surface area contributed by atoms with E-state index in [1.54, 1.807) is 0 Å². The smallest absolute Gasteiger partial charge is 0.0683 e. The molecule has 2 aromatic rings. The summed E-state index contributed by atoms with van der Waals surface area (Å²) in [7, 11) is -1.21. The summed E-state index contributed by atoms with van der Waals surface area (Å²) in [6, 6.07) is 13.8. The summed E-state index contributed by atoms with van der Waals surface area (Å²) in [5, 5.41) is 1.53. The number of hydrogen-bond acceptors (Lipinski definition) is 0. The molecule has 0 spiro atoms. The van der Waals surface area contributed by atoms with Gasteiger partial charge in [0.2, 0.25) is 0 Å². The van der Waals surface area contributed by atoms with Gasteiger partial charge in [0.25, 0.3) is 0 Å². The van der Waals surface area contributed by atoms with Crippen LogP contribution in [0.1, 0.15) is 23.6 Å². The Labute approximate surface area is 129 Å². The highest BCUT2D eigenvalue weighted by atomic mass is 28.3. The van der Waals surface area contributed by atoms with Crippen LogP contribution in [0.2, 0.25) is 19.6 Å². The number of rotatable bonds is 2. The normalized spacial score (nSPS) is 14.0. The van der Waals surface area contributed by atoms with Crippen LogP contribution in [0.15, 0.2) is 42.0 Å². The van der Waals surface area contributed by atoms with Crippen molar-refractivity contribution in [2.24, 2.45) is 0 Å². The van der Waals surface area contributed by atoms with E-state index in [-0.39, 0.29) is 0 Å². The Hall–Kier alpha value is -1.60. The van der Waals surface area contributed by atoms with E-state index in [0.29, 0.717) is 0 Å². The maximum absolute atomic E-state index is 2.40. The zero-order valence-corrected chi connectivity index (χ0v) is 14.7. The molecule has 108 valence electrons. The number of benzene rings is 2. The zero-order chi connectivity index (χ0) is 15.2. The van der Waals surface area contributed by atoms with Gasteiger partial charge in [-0.2, -0.15) is 0 Å². The fraction of sp³-hybridized carbons (Fsp3) is 0.300. The fourth-order valence-corrected chi connectivity index (χ4v) is 4.32. The molecule has 0 radical (unpaired) electrons. The lowest BCUT2D eigenvalue weighted by Gasteiger charge is -2.17. The molecule has 0 saturated carbocycles. The molecule has 1 heteroatoms. The van der Waals surface area contributed by atoms with Crippen molar-refractivity contribution in [2.75, 3.05) is 0 Å². The Morgan fingerprint density at radius 2 is 1.52 bits per heavy atom. The monoisotopic (exact) mass is 292 g/mol. The van der Waals surface area contributed by atoms with Crippen molar-refractivity contribution in [1.29, 1.82) is 0 Å². The average Bonchev–Trinajstić information content (AvgIpc) is 2.81. The van der Waals surface area contributed by atoms with Crippen LogP contribution in [0.25, 0.3) is 17.2 Å². The van der Waals surface area contributed by atoms with Gasteiger partial charge in [0, 0.05) is 0 Å². The van der Waals surface area contributed by atoms with E-state index in [1.807, 2.05) is 0 Å². The van der Waals surface area contributed by atoms with Crippen LogP contribution in [0.3, 0.4) is 0 Å². The highest BCUT2D eigenvalue weighted by molar-refractivity contribution is 6.88. The van der Waals surface area contributed by atoms with Crippen molar-refractivity contribution in [3.05, 3.63) is 58.7 Å².